The lowest BCUT2D eigenvalue weighted by Crippen LogP contribution is -2.16. The summed E-state index contributed by atoms with van der Waals surface area (Å²) >= 11 is 6.12. The van der Waals surface area contributed by atoms with E-state index in [1.165, 1.54) is 11.8 Å². The monoisotopic (exact) mass is 435 g/mol. The third-order valence-corrected chi connectivity index (χ3v) is 6.14. The van der Waals surface area contributed by atoms with Gasteiger partial charge in [0.2, 0.25) is 0 Å². The van der Waals surface area contributed by atoms with Gasteiger partial charge >= 0.3 is 0 Å². The van der Waals surface area contributed by atoms with Crippen LogP contribution in [0.3, 0.4) is 0 Å². The van der Waals surface area contributed by atoms with Crippen LogP contribution in [-0.2, 0) is 11.3 Å². The predicted molar refractivity (Wildman–Crippen MR) is 122 cm³/mol. The van der Waals surface area contributed by atoms with Gasteiger partial charge in [0.25, 0.3) is 0 Å². The summed E-state index contributed by atoms with van der Waals surface area (Å²) < 4.78 is 27.6. The quantitative estimate of drug-likeness (QED) is 0.340. The van der Waals surface area contributed by atoms with Crippen LogP contribution in [0.25, 0.3) is 16.6 Å². The molecule has 4 aromatic rings. The number of fused-ring (bicyclic) bond motifs is 1. The Kier molecular flexibility index (Phi) is 5.66. The van der Waals surface area contributed by atoms with Gasteiger partial charge in [0.1, 0.15) is 18.2 Å². The van der Waals surface area contributed by atoms with Crippen molar-refractivity contribution >= 4 is 22.5 Å². The molecule has 0 unspecified atom stereocenters. The minimum Gasteiger partial charge on any atom is -0.489 e. The molecule has 5 rings (SSSR count). The Balaban J connectivity index is 1.55. The highest BCUT2D eigenvalue weighted by molar-refractivity contribution is 6.30. The van der Waals surface area contributed by atoms with Gasteiger partial charge in [-0.05, 0) is 60.9 Å². The predicted octanol–water partition coefficient (Wildman–Crippen LogP) is 6.90. The van der Waals surface area contributed by atoms with Gasteiger partial charge in [-0.1, -0.05) is 41.9 Å². The molecule has 3 aromatic carbocycles. The molecule has 0 spiro atoms. The molecule has 0 bridgehead atoms. The van der Waals surface area contributed by atoms with E-state index in [0.29, 0.717) is 12.5 Å². The van der Waals surface area contributed by atoms with Crippen LogP contribution in [0.15, 0.2) is 72.8 Å². The Morgan fingerprint density at radius 2 is 1.77 bits per heavy atom. The highest BCUT2D eigenvalue weighted by Gasteiger charge is 2.22. The molecule has 3 nitrogen and oxygen atoms in total. The molecule has 1 aliphatic heterocycles. The zero-order chi connectivity index (χ0) is 21.2. The van der Waals surface area contributed by atoms with Crippen molar-refractivity contribution in [3.63, 3.8) is 0 Å². The van der Waals surface area contributed by atoms with Crippen LogP contribution < -0.4 is 4.74 Å². The van der Waals surface area contributed by atoms with Crippen molar-refractivity contribution in [3.8, 4) is 11.4 Å². The molecule has 0 saturated carbocycles. The summed E-state index contributed by atoms with van der Waals surface area (Å²) in [5, 5.41) is 1.22. The second-order valence-electron chi connectivity index (χ2n) is 7.88. The van der Waals surface area contributed by atoms with Crippen LogP contribution in [0.5, 0.6) is 5.75 Å². The summed E-state index contributed by atoms with van der Waals surface area (Å²) in [6.45, 7) is 2.02. The van der Waals surface area contributed by atoms with Crippen molar-refractivity contribution in [2.45, 2.75) is 25.4 Å². The van der Waals surface area contributed by atoms with Gasteiger partial charge < -0.3 is 14.0 Å². The third-order valence-electron chi connectivity index (χ3n) is 5.85. The van der Waals surface area contributed by atoms with E-state index in [-0.39, 0.29) is 5.02 Å². The maximum Gasteiger partial charge on any atom is 0.141 e. The van der Waals surface area contributed by atoms with Gasteiger partial charge in [0.15, 0.2) is 0 Å². The van der Waals surface area contributed by atoms with Crippen LogP contribution in [0.4, 0.5) is 4.39 Å². The topological polar surface area (TPSA) is 23.4 Å². The minimum absolute atomic E-state index is 0.125. The van der Waals surface area contributed by atoms with E-state index in [0.717, 1.165) is 54.0 Å². The van der Waals surface area contributed by atoms with Crippen molar-refractivity contribution in [2.75, 3.05) is 13.2 Å². The summed E-state index contributed by atoms with van der Waals surface area (Å²) in [5.41, 5.74) is 4.24. The number of aromatic nitrogens is 1. The van der Waals surface area contributed by atoms with Gasteiger partial charge in [-0.25, -0.2) is 4.39 Å². The Bertz CT molecular complexity index is 1200. The Labute approximate surface area is 186 Å². The average molecular weight is 436 g/mol. The fraction of sp³-hybridized carbons (Fsp3) is 0.231. The molecular formula is C26H23ClFNO2. The summed E-state index contributed by atoms with van der Waals surface area (Å²) in [6, 6.07) is 23.4. The SMILES string of the molecule is Fc1ccc(-n2c(C3CCOCC3)cc3cc(OCc4ccccc4)ccc32)cc1Cl. The number of hydrogen-bond donors (Lipinski definition) is 0. The van der Waals surface area contributed by atoms with Crippen LogP contribution in [0.1, 0.15) is 30.0 Å². The molecule has 0 atom stereocenters. The highest BCUT2D eigenvalue weighted by Crippen LogP contribution is 2.36. The standard InChI is InChI=1S/C26H23ClFNO2/c27-23-16-21(6-8-24(23)28)29-25-9-7-22(31-17-18-4-2-1-3-5-18)14-20(25)15-26(29)19-10-12-30-13-11-19/h1-9,14-16,19H,10-13,17H2. The molecular weight excluding hydrogens is 413 g/mol. The second-order valence-corrected chi connectivity index (χ2v) is 8.29. The van der Waals surface area contributed by atoms with Crippen LogP contribution in [0.2, 0.25) is 5.02 Å². The van der Waals surface area contributed by atoms with Gasteiger partial charge in [0.05, 0.1) is 10.5 Å². The zero-order valence-corrected chi connectivity index (χ0v) is 17.8. The molecule has 1 aliphatic rings. The van der Waals surface area contributed by atoms with Gasteiger partial charge in [-0.15, -0.1) is 0 Å². The molecule has 2 heterocycles. The fourth-order valence-corrected chi connectivity index (χ4v) is 4.43. The lowest BCUT2D eigenvalue weighted by molar-refractivity contribution is 0.0842. The number of rotatable bonds is 5. The summed E-state index contributed by atoms with van der Waals surface area (Å²) in [4.78, 5) is 0. The molecule has 1 fully saturated rings. The summed E-state index contributed by atoms with van der Waals surface area (Å²) in [7, 11) is 0. The van der Waals surface area contributed by atoms with Crippen molar-refractivity contribution in [1.82, 2.24) is 4.57 Å². The average Bonchev–Trinajstić information content (AvgIpc) is 3.19. The normalized spacial score (nSPS) is 14.8. The maximum atomic E-state index is 13.8. The minimum atomic E-state index is -0.411. The van der Waals surface area contributed by atoms with Crippen molar-refractivity contribution < 1.29 is 13.9 Å². The second kappa shape index (κ2) is 8.74. The number of hydrogen-bond acceptors (Lipinski definition) is 2. The van der Waals surface area contributed by atoms with E-state index in [2.05, 4.69) is 34.9 Å². The van der Waals surface area contributed by atoms with E-state index in [4.69, 9.17) is 21.1 Å². The fourth-order valence-electron chi connectivity index (χ4n) is 4.25. The summed E-state index contributed by atoms with van der Waals surface area (Å²) in [5.74, 6) is 0.786. The molecule has 0 N–H and O–H groups in total. The molecule has 5 heteroatoms. The third kappa shape index (κ3) is 4.18. The first-order chi connectivity index (χ1) is 15.2. The van der Waals surface area contributed by atoms with Crippen LogP contribution >= 0.6 is 11.6 Å². The van der Waals surface area contributed by atoms with Gasteiger partial charge in [-0.3, -0.25) is 0 Å². The van der Waals surface area contributed by atoms with Crippen molar-refractivity contribution in [1.29, 1.82) is 0 Å². The summed E-state index contributed by atoms with van der Waals surface area (Å²) in [6.07, 6.45) is 1.92. The van der Waals surface area contributed by atoms with Crippen LogP contribution in [0, 0.1) is 5.82 Å². The number of nitrogens with zero attached hydrogens (tertiary/aromatic N) is 1. The highest BCUT2D eigenvalue weighted by atomic mass is 35.5. The van der Waals surface area contributed by atoms with Gasteiger partial charge in [-0.2, -0.15) is 0 Å². The molecule has 0 amide bonds. The number of halogens is 2. The van der Waals surface area contributed by atoms with E-state index >= 15 is 0 Å². The molecule has 0 aliphatic carbocycles. The largest absolute Gasteiger partial charge is 0.489 e. The van der Waals surface area contributed by atoms with Crippen molar-refractivity contribution in [3.05, 3.63) is 94.9 Å². The van der Waals surface area contributed by atoms with Gasteiger partial charge in [0, 0.05) is 35.9 Å². The number of ether oxygens (including phenoxy) is 2. The Hall–Kier alpha value is -2.82. The Morgan fingerprint density at radius 1 is 0.968 bits per heavy atom. The molecule has 1 saturated heterocycles. The first-order valence-electron chi connectivity index (χ1n) is 10.5. The maximum absolute atomic E-state index is 13.8. The van der Waals surface area contributed by atoms with E-state index in [9.17, 15) is 4.39 Å². The molecule has 0 radical (unpaired) electrons. The van der Waals surface area contributed by atoms with E-state index in [1.807, 2.05) is 24.3 Å². The number of benzene rings is 3. The first kappa shape index (κ1) is 20.1. The Morgan fingerprint density at radius 3 is 2.55 bits per heavy atom. The lowest BCUT2D eigenvalue weighted by atomic mass is 9.96. The first-order valence-corrected chi connectivity index (χ1v) is 10.9. The molecule has 1 aromatic heterocycles. The molecule has 158 valence electrons. The van der Waals surface area contributed by atoms with Crippen LogP contribution in [-0.4, -0.2) is 17.8 Å². The van der Waals surface area contributed by atoms with E-state index < -0.39 is 5.82 Å². The zero-order valence-electron chi connectivity index (χ0n) is 17.1. The van der Waals surface area contributed by atoms with Crippen molar-refractivity contribution in [2.24, 2.45) is 0 Å². The molecule has 31 heavy (non-hydrogen) atoms. The lowest BCUT2D eigenvalue weighted by Gasteiger charge is -2.24. The smallest absolute Gasteiger partial charge is 0.141 e. The van der Waals surface area contributed by atoms with E-state index in [1.54, 1.807) is 12.1 Å².